The minimum Gasteiger partial charge on any atom is -0.467 e. The molecular weight excluding hydrogens is 322 g/mol. The molecule has 0 saturated carbocycles. The van der Waals surface area contributed by atoms with Crippen LogP contribution in [0.25, 0.3) is 0 Å². The molecule has 3 amide bonds. The van der Waals surface area contributed by atoms with Crippen molar-refractivity contribution in [1.29, 1.82) is 0 Å². The second-order valence-corrected chi connectivity index (χ2v) is 4.79. The van der Waals surface area contributed by atoms with Gasteiger partial charge in [0.15, 0.2) is 0 Å². The second kappa shape index (κ2) is 13.8. The van der Waals surface area contributed by atoms with Gasteiger partial charge in [-0.15, -0.1) is 0 Å². The fraction of sp³-hybridized carbons (Fsp3) is 0.500. The predicted octanol–water partition coefficient (Wildman–Crippen LogP) is 3.16. The Bertz CT molecular complexity index is 545. The zero-order chi connectivity index (χ0) is 20.0. The summed E-state index contributed by atoms with van der Waals surface area (Å²) in [7, 11) is 1.27. The average Bonchev–Trinajstić information content (AvgIpc) is 2.61. The molecule has 0 heterocycles. The first-order chi connectivity index (χ1) is 11.8. The second-order valence-electron chi connectivity index (χ2n) is 4.79. The Balaban J connectivity index is 0. The summed E-state index contributed by atoms with van der Waals surface area (Å²) < 4.78 is 4.66. The van der Waals surface area contributed by atoms with Gasteiger partial charge in [0.05, 0.1) is 7.11 Å². The van der Waals surface area contributed by atoms with E-state index in [9.17, 15) is 14.4 Å². The molecule has 1 atom stereocenters. The van der Waals surface area contributed by atoms with Crippen molar-refractivity contribution in [2.45, 2.75) is 47.6 Å². The third-order valence-corrected chi connectivity index (χ3v) is 2.80. The van der Waals surface area contributed by atoms with E-state index in [-0.39, 0.29) is 5.92 Å². The van der Waals surface area contributed by atoms with E-state index in [0.29, 0.717) is 11.3 Å². The number of anilines is 1. The van der Waals surface area contributed by atoms with E-state index in [1.54, 1.807) is 32.0 Å². The Labute approximate surface area is 150 Å². The molecule has 25 heavy (non-hydrogen) atoms. The zero-order valence-corrected chi connectivity index (χ0v) is 16.2. The number of hydrogen-bond acceptors (Lipinski definition) is 4. The minimum atomic E-state index is -0.741. The van der Waals surface area contributed by atoms with Crippen LogP contribution in [-0.4, -0.2) is 31.1 Å². The first-order valence-electron chi connectivity index (χ1n) is 8.40. The van der Waals surface area contributed by atoms with E-state index in [2.05, 4.69) is 15.4 Å². The van der Waals surface area contributed by atoms with Crippen LogP contribution in [0.5, 0.6) is 0 Å². The smallest absolute Gasteiger partial charge is 0.328 e. The van der Waals surface area contributed by atoms with E-state index in [1.165, 1.54) is 13.2 Å². The molecule has 1 aromatic carbocycles. The van der Waals surface area contributed by atoms with Gasteiger partial charge < -0.3 is 21.1 Å². The number of nitrogens with two attached hydrogens (primary N) is 1. The van der Waals surface area contributed by atoms with Crippen LogP contribution in [0.2, 0.25) is 0 Å². The van der Waals surface area contributed by atoms with Crippen LogP contribution < -0.4 is 16.4 Å². The summed E-state index contributed by atoms with van der Waals surface area (Å²) in [5.41, 5.74) is 5.72. The molecule has 142 valence electrons. The van der Waals surface area contributed by atoms with E-state index in [1.807, 2.05) is 27.7 Å². The summed E-state index contributed by atoms with van der Waals surface area (Å²) in [4.78, 5) is 34.6. The van der Waals surface area contributed by atoms with Gasteiger partial charge in [0.1, 0.15) is 6.04 Å². The van der Waals surface area contributed by atoms with E-state index < -0.39 is 23.9 Å². The maximum absolute atomic E-state index is 12.2. The van der Waals surface area contributed by atoms with Crippen molar-refractivity contribution in [3.63, 3.8) is 0 Å². The molecule has 0 bridgehead atoms. The standard InChI is InChI=1S/C14H19N3O4.2C2H6/c1-8(2)11(13(19)21-3)17-12(18)9-5-4-6-10(7-9)16-14(15)20;2*1-2/h4-8,11H,1-3H3,(H,17,18)(H3,15,16,20);2*1-2H3. The number of urea groups is 1. The van der Waals surface area contributed by atoms with Crippen molar-refractivity contribution in [2.75, 3.05) is 12.4 Å². The Morgan fingerprint density at radius 1 is 1.08 bits per heavy atom. The lowest BCUT2D eigenvalue weighted by Crippen LogP contribution is -2.45. The number of nitrogens with one attached hydrogen (secondary N) is 2. The lowest BCUT2D eigenvalue weighted by Gasteiger charge is -2.19. The summed E-state index contributed by atoms with van der Waals surface area (Å²) in [5.74, 6) is -1.06. The van der Waals surface area contributed by atoms with Gasteiger partial charge in [0.25, 0.3) is 5.91 Å². The summed E-state index contributed by atoms with van der Waals surface area (Å²) in [6.07, 6.45) is 0. The number of amides is 3. The number of ether oxygens (including phenoxy) is 1. The number of carbonyl (C=O) groups excluding carboxylic acids is 3. The van der Waals surface area contributed by atoms with Crippen molar-refractivity contribution >= 4 is 23.6 Å². The predicted molar refractivity (Wildman–Crippen MR) is 100 cm³/mol. The number of rotatable bonds is 5. The van der Waals surface area contributed by atoms with Gasteiger partial charge in [0.2, 0.25) is 0 Å². The van der Waals surface area contributed by atoms with Crippen LogP contribution >= 0.6 is 0 Å². The topological polar surface area (TPSA) is 111 Å². The molecule has 0 aromatic heterocycles. The highest BCUT2D eigenvalue weighted by atomic mass is 16.5. The Hall–Kier alpha value is -2.57. The highest BCUT2D eigenvalue weighted by Gasteiger charge is 2.25. The van der Waals surface area contributed by atoms with Crippen LogP contribution in [0.3, 0.4) is 0 Å². The van der Waals surface area contributed by atoms with Gasteiger partial charge in [-0.3, -0.25) is 4.79 Å². The molecule has 7 heteroatoms. The molecule has 0 radical (unpaired) electrons. The number of methoxy groups -OCH3 is 1. The molecule has 1 rings (SSSR count). The molecule has 7 nitrogen and oxygen atoms in total. The molecule has 4 N–H and O–H groups in total. The monoisotopic (exact) mass is 353 g/mol. The summed E-state index contributed by atoms with van der Waals surface area (Å²) in [5, 5.41) is 4.98. The van der Waals surface area contributed by atoms with Crippen molar-refractivity contribution in [3.8, 4) is 0 Å². The number of esters is 1. The largest absolute Gasteiger partial charge is 0.467 e. The minimum absolute atomic E-state index is 0.117. The van der Waals surface area contributed by atoms with Gasteiger partial charge >= 0.3 is 12.0 Å². The highest BCUT2D eigenvalue weighted by Crippen LogP contribution is 2.12. The first kappa shape index (κ1) is 24.7. The van der Waals surface area contributed by atoms with Crippen molar-refractivity contribution < 1.29 is 19.1 Å². The van der Waals surface area contributed by atoms with Crippen LogP contribution in [0.4, 0.5) is 10.5 Å². The Kier molecular flexibility index (Phi) is 13.7. The summed E-state index contributed by atoms with van der Waals surface area (Å²) >= 11 is 0. The average molecular weight is 353 g/mol. The van der Waals surface area contributed by atoms with Gasteiger partial charge in [-0.2, -0.15) is 0 Å². The normalized spacial score (nSPS) is 10.2. The molecule has 0 saturated heterocycles. The Morgan fingerprint density at radius 3 is 2.08 bits per heavy atom. The molecular formula is C18H31N3O4. The number of benzene rings is 1. The fourth-order valence-corrected chi connectivity index (χ4v) is 1.73. The summed E-state index contributed by atoms with van der Waals surface area (Å²) in [6.45, 7) is 11.6. The van der Waals surface area contributed by atoms with Gasteiger partial charge in [0, 0.05) is 11.3 Å². The van der Waals surface area contributed by atoms with Crippen molar-refractivity contribution in [2.24, 2.45) is 11.7 Å². The van der Waals surface area contributed by atoms with E-state index in [4.69, 9.17) is 5.73 Å². The molecule has 1 aromatic rings. The van der Waals surface area contributed by atoms with Crippen molar-refractivity contribution in [1.82, 2.24) is 5.32 Å². The molecule has 0 aliphatic rings. The number of primary amides is 1. The number of carbonyl (C=O) groups is 3. The van der Waals surface area contributed by atoms with Gasteiger partial charge in [-0.05, 0) is 24.1 Å². The maximum Gasteiger partial charge on any atom is 0.328 e. The van der Waals surface area contributed by atoms with Crippen LogP contribution in [0.15, 0.2) is 24.3 Å². The SMILES string of the molecule is CC.CC.COC(=O)C(NC(=O)c1cccc(NC(N)=O)c1)C(C)C. The van der Waals surface area contributed by atoms with E-state index in [0.717, 1.165) is 0 Å². The maximum atomic E-state index is 12.2. The highest BCUT2D eigenvalue weighted by molar-refractivity contribution is 5.98. The van der Waals surface area contributed by atoms with Gasteiger partial charge in [-0.25, -0.2) is 9.59 Å². The molecule has 0 fully saturated rings. The van der Waals surface area contributed by atoms with Crippen LogP contribution in [0.1, 0.15) is 51.9 Å². The van der Waals surface area contributed by atoms with Gasteiger partial charge in [-0.1, -0.05) is 47.6 Å². The molecule has 0 aliphatic carbocycles. The lowest BCUT2D eigenvalue weighted by atomic mass is 10.0. The molecule has 0 aliphatic heterocycles. The third kappa shape index (κ3) is 9.34. The zero-order valence-electron chi connectivity index (χ0n) is 16.2. The van der Waals surface area contributed by atoms with Crippen LogP contribution in [0, 0.1) is 5.92 Å². The quantitative estimate of drug-likeness (QED) is 0.706. The fourth-order valence-electron chi connectivity index (χ4n) is 1.73. The summed E-state index contributed by atoms with van der Waals surface area (Å²) in [6, 6.07) is 4.77. The lowest BCUT2D eigenvalue weighted by molar-refractivity contribution is -0.144. The van der Waals surface area contributed by atoms with E-state index >= 15 is 0 Å². The van der Waals surface area contributed by atoms with Crippen LogP contribution in [-0.2, 0) is 9.53 Å². The Morgan fingerprint density at radius 2 is 1.64 bits per heavy atom. The molecule has 0 spiro atoms. The first-order valence-corrected chi connectivity index (χ1v) is 8.40. The van der Waals surface area contributed by atoms with Crippen molar-refractivity contribution in [3.05, 3.63) is 29.8 Å². The number of hydrogen-bond donors (Lipinski definition) is 3. The molecule has 1 unspecified atom stereocenters. The third-order valence-electron chi connectivity index (χ3n) is 2.80.